The molecule has 1 fully saturated rings. The van der Waals surface area contributed by atoms with Crippen molar-refractivity contribution < 1.29 is 14.1 Å². The number of pyridine rings is 1. The molecule has 0 atom stereocenters. The van der Waals surface area contributed by atoms with Gasteiger partial charge in [-0.05, 0) is 33.8 Å². The summed E-state index contributed by atoms with van der Waals surface area (Å²) in [5, 5.41) is 2.83. The maximum absolute atomic E-state index is 11.7. The fraction of sp³-hybridized carbons (Fsp3) is 0.600. The predicted molar refractivity (Wildman–Crippen MR) is 83.4 cm³/mol. The van der Waals surface area contributed by atoms with Crippen LogP contribution in [-0.4, -0.2) is 29.2 Å². The molecule has 1 aliphatic heterocycles. The van der Waals surface area contributed by atoms with E-state index in [9.17, 15) is 4.79 Å². The number of rotatable bonds is 3. The lowest BCUT2D eigenvalue weighted by Gasteiger charge is -2.32. The first-order valence-corrected chi connectivity index (χ1v) is 7.24. The van der Waals surface area contributed by atoms with E-state index in [2.05, 4.69) is 10.3 Å². The second-order valence-corrected chi connectivity index (χ2v) is 6.74. The zero-order chi connectivity index (χ0) is 15.8. The van der Waals surface area contributed by atoms with Gasteiger partial charge in [0.15, 0.2) is 0 Å². The van der Waals surface area contributed by atoms with Crippen molar-refractivity contribution in [1.82, 2.24) is 4.98 Å². The molecule has 114 valence electrons. The molecule has 2 heterocycles. The van der Waals surface area contributed by atoms with Gasteiger partial charge >= 0.3 is 7.12 Å². The molecule has 5 nitrogen and oxygen atoms in total. The van der Waals surface area contributed by atoms with Crippen LogP contribution in [0.2, 0.25) is 0 Å². The molecule has 0 spiro atoms. The van der Waals surface area contributed by atoms with Crippen LogP contribution in [0.3, 0.4) is 0 Å². The minimum absolute atomic E-state index is 0.0390. The zero-order valence-electron chi connectivity index (χ0n) is 13.6. The molecular formula is C15H23BN2O3. The second kappa shape index (κ2) is 5.42. The Morgan fingerprint density at radius 2 is 1.76 bits per heavy atom. The molecule has 6 heteroatoms. The van der Waals surface area contributed by atoms with Crippen molar-refractivity contribution in [3.63, 3.8) is 0 Å². The highest BCUT2D eigenvalue weighted by atomic mass is 16.7. The Morgan fingerprint density at radius 1 is 1.19 bits per heavy atom. The number of anilines is 1. The van der Waals surface area contributed by atoms with Gasteiger partial charge < -0.3 is 14.6 Å². The van der Waals surface area contributed by atoms with Crippen molar-refractivity contribution in [2.24, 2.45) is 5.92 Å². The largest absolute Gasteiger partial charge is 0.496 e. The molecule has 0 unspecified atom stereocenters. The summed E-state index contributed by atoms with van der Waals surface area (Å²) in [6.45, 7) is 11.7. The fourth-order valence-electron chi connectivity index (χ4n) is 1.92. The highest BCUT2D eigenvalue weighted by Crippen LogP contribution is 2.36. The van der Waals surface area contributed by atoms with E-state index < -0.39 is 18.3 Å². The summed E-state index contributed by atoms with van der Waals surface area (Å²) in [5.41, 5.74) is 0.667. The van der Waals surface area contributed by atoms with E-state index in [-0.39, 0.29) is 11.8 Å². The quantitative estimate of drug-likeness (QED) is 0.865. The SMILES string of the molecule is CC(C)C(=O)Nc1cncc(B2OC(C)(C)C(C)(C)O2)c1. The molecule has 0 aliphatic carbocycles. The molecule has 0 aromatic carbocycles. The van der Waals surface area contributed by atoms with Crippen LogP contribution in [0.4, 0.5) is 5.69 Å². The zero-order valence-corrected chi connectivity index (χ0v) is 13.6. The molecule has 1 saturated heterocycles. The number of hydrogen-bond acceptors (Lipinski definition) is 4. The minimum Gasteiger partial charge on any atom is -0.399 e. The number of amides is 1. The number of carbonyl (C=O) groups is 1. The Morgan fingerprint density at radius 3 is 2.29 bits per heavy atom. The summed E-state index contributed by atoms with van der Waals surface area (Å²) >= 11 is 0. The number of carbonyl (C=O) groups excluding carboxylic acids is 1. The molecule has 21 heavy (non-hydrogen) atoms. The number of nitrogens with zero attached hydrogens (tertiary/aromatic N) is 1. The molecule has 0 bridgehead atoms. The first-order chi connectivity index (χ1) is 9.62. The van der Waals surface area contributed by atoms with Crippen molar-refractivity contribution >= 4 is 24.2 Å². The van der Waals surface area contributed by atoms with Gasteiger partial charge in [-0.15, -0.1) is 0 Å². The van der Waals surface area contributed by atoms with Crippen LogP contribution in [0.15, 0.2) is 18.5 Å². The van der Waals surface area contributed by atoms with E-state index in [4.69, 9.17) is 9.31 Å². The van der Waals surface area contributed by atoms with E-state index >= 15 is 0 Å². The van der Waals surface area contributed by atoms with Crippen molar-refractivity contribution in [2.75, 3.05) is 5.32 Å². The van der Waals surface area contributed by atoms with Gasteiger partial charge in [0.05, 0.1) is 23.1 Å². The Hall–Kier alpha value is -1.40. The van der Waals surface area contributed by atoms with E-state index in [1.54, 1.807) is 12.4 Å². The third kappa shape index (κ3) is 3.27. The molecule has 1 amide bonds. The molecule has 2 rings (SSSR count). The molecule has 1 aromatic heterocycles. The van der Waals surface area contributed by atoms with Gasteiger partial charge in [0.25, 0.3) is 0 Å². The fourth-order valence-corrected chi connectivity index (χ4v) is 1.92. The highest BCUT2D eigenvalue weighted by Gasteiger charge is 2.51. The monoisotopic (exact) mass is 290 g/mol. The van der Waals surface area contributed by atoms with Crippen LogP contribution in [0.25, 0.3) is 0 Å². The van der Waals surface area contributed by atoms with Crippen molar-refractivity contribution in [3.8, 4) is 0 Å². The lowest BCUT2D eigenvalue weighted by Crippen LogP contribution is -2.41. The summed E-state index contributed by atoms with van der Waals surface area (Å²) in [7, 11) is -0.474. The van der Waals surface area contributed by atoms with Gasteiger partial charge in [0.1, 0.15) is 0 Å². The Bertz CT molecular complexity index is 527. The van der Waals surface area contributed by atoms with Gasteiger partial charge in [-0.2, -0.15) is 0 Å². The first-order valence-electron chi connectivity index (χ1n) is 7.24. The van der Waals surface area contributed by atoms with Gasteiger partial charge in [-0.1, -0.05) is 13.8 Å². The summed E-state index contributed by atoms with van der Waals surface area (Å²) < 4.78 is 12.0. The lowest BCUT2D eigenvalue weighted by molar-refractivity contribution is -0.118. The summed E-state index contributed by atoms with van der Waals surface area (Å²) in [4.78, 5) is 15.9. The maximum Gasteiger partial charge on any atom is 0.496 e. The summed E-state index contributed by atoms with van der Waals surface area (Å²) in [6.07, 6.45) is 3.32. The number of aromatic nitrogens is 1. The topological polar surface area (TPSA) is 60.5 Å². The third-order valence-corrected chi connectivity index (χ3v) is 4.08. The molecule has 1 aliphatic rings. The molecule has 0 saturated carbocycles. The third-order valence-electron chi connectivity index (χ3n) is 4.08. The van der Waals surface area contributed by atoms with Gasteiger partial charge in [0.2, 0.25) is 5.91 Å². The van der Waals surface area contributed by atoms with Crippen LogP contribution in [0.5, 0.6) is 0 Å². The molecule has 1 N–H and O–H groups in total. The normalized spacial score (nSPS) is 19.9. The van der Waals surface area contributed by atoms with Crippen LogP contribution in [0.1, 0.15) is 41.5 Å². The van der Waals surface area contributed by atoms with E-state index in [1.165, 1.54) is 0 Å². The highest BCUT2D eigenvalue weighted by molar-refractivity contribution is 6.62. The first kappa shape index (κ1) is 16.0. The minimum atomic E-state index is -0.474. The number of nitrogens with one attached hydrogen (secondary N) is 1. The van der Waals surface area contributed by atoms with Gasteiger partial charge in [-0.3, -0.25) is 9.78 Å². The van der Waals surface area contributed by atoms with Gasteiger partial charge in [-0.25, -0.2) is 0 Å². The molecular weight excluding hydrogens is 267 g/mol. The standard InChI is InChI=1S/C15H23BN2O3/c1-10(2)13(19)18-12-7-11(8-17-9-12)16-20-14(3,4)15(5,6)21-16/h7-10H,1-6H3,(H,18,19). The molecule has 1 aromatic rings. The predicted octanol–water partition coefficient (Wildman–Crippen LogP) is 1.98. The molecule has 0 radical (unpaired) electrons. The van der Waals surface area contributed by atoms with Crippen molar-refractivity contribution in [1.29, 1.82) is 0 Å². The maximum atomic E-state index is 11.7. The van der Waals surface area contributed by atoms with E-state index in [1.807, 2.05) is 47.6 Å². The van der Waals surface area contributed by atoms with Crippen LogP contribution >= 0.6 is 0 Å². The number of hydrogen-bond donors (Lipinski definition) is 1. The van der Waals surface area contributed by atoms with Crippen molar-refractivity contribution in [2.45, 2.75) is 52.7 Å². The Labute approximate surface area is 126 Å². The Kier molecular flexibility index (Phi) is 4.13. The average Bonchev–Trinajstić information content (AvgIpc) is 2.58. The van der Waals surface area contributed by atoms with E-state index in [0.29, 0.717) is 5.69 Å². The lowest BCUT2D eigenvalue weighted by atomic mass is 9.80. The van der Waals surface area contributed by atoms with Gasteiger partial charge in [0, 0.05) is 17.6 Å². The van der Waals surface area contributed by atoms with Crippen LogP contribution in [-0.2, 0) is 14.1 Å². The van der Waals surface area contributed by atoms with Crippen molar-refractivity contribution in [3.05, 3.63) is 18.5 Å². The summed E-state index contributed by atoms with van der Waals surface area (Å²) in [6, 6.07) is 1.84. The average molecular weight is 290 g/mol. The van der Waals surface area contributed by atoms with E-state index in [0.717, 1.165) is 5.46 Å². The summed E-state index contributed by atoms with van der Waals surface area (Å²) in [5.74, 6) is -0.117. The Balaban J connectivity index is 2.18. The second-order valence-electron chi connectivity index (χ2n) is 6.74. The smallest absolute Gasteiger partial charge is 0.399 e. The van der Waals surface area contributed by atoms with Crippen LogP contribution in [0, 0.1) is 5.92 Å². The van der Waals surface area contributed by atoms with Crippen LogP contribution < -0.4 is 10.8 Å².